The molecule has 9 nitrogen and oxygen atoms in total. The van der Waals surface area contributed by atoms with Crippen molar-refractivity contribution < 1.29 is 18.8 Å². The Morgan fingerprint density at radius 2 is 2.31 bits per heavy atom. The Bertz CT molecular complexity index is 804. The Morgan fingerprint density at radius 3 is 3.04 bits per heavy atom. The van der Waals surface area contributed by atoms with Crippen LogP contribution in [0.25, 0.3) is 0 Å². The van der Waals surface area contributed by atoms with Crippen LogP contribution in [0.3, 0.4) is 0 Å². The van der Waals surface area contributed by atoms with Crippen molar-refractivity contribution in [3.63, 3.8) is 0 Å². The van der Waals surface area contributed by atoms with Gasteiger partial charge in [-0.05, 0) is 24.6 Å². The summed E-state index contributed by atoms with van der Waals surface area (Å²) < 4.78 is 10.0. The zero-order chi connectivity index (χ0) is 18.5. The second-order valence-electron chi connectivity index (χ2n) is 5.93. The minimum atomic E-state index is -0.220. The highest BCUT2D eigenvalue weighted by atomic mass is 16.5. The first-order valence-corrected chi connectivity index (χ1v) is 8.33. The first-order valence-electron chi connectivity index (χ1n) is 8.33. The van der Waals surface area contributed by atoms with Crippen LogP contribution in [-0.2, 0) is 17.8 Å². The summed E-state index contributed by atoms with van der Waals surface area (Å²) >= 11 is 0. The molecule has 3 rings (SSSR count). The molecular weight excluding hydrogens is 338 g/mol. The Hall–Kier alpha value is -2.94. The molecule has 0 aliphatic carbocycles. The van der Waals surface area contributed by atoms with Crippen LogP contribution in [0.1, 0.15) is 27.6 Å². The van der Waals surface area contributed by atoms with Crippen LogP contribution in [0.15, 0.2) is 22.7 Å². The van der Waals surface area contributed by atoms with Gasteiger partial charge in [0.25, 0.3) is 5.91 Å². The molecule has 2 aromatic rings. The monoisotopic (exact) mass is 359 g/mol. The fraction of sp³-hybridized carbons (Fsp3) is 0.412. The maximum absolute atomic E-state index is 12.4. The predicted molar refractivity (Wildman–Crippen MR) is 93.0 cm³/mol. The zero-order valence-electron chi connectivity index (χ0n) is 14.7. The number of ether oxygens (including phenoxy) is 1. The number of anilines is 1. The smallest absolute Gasteiger partial charge is 0.322 e. The number of nitrogens with zero attached hydrogens (tertiary/aromatic N) is 3. The molecule has 0 bridgehead atoms. The van der Waals surface area contributed by atoms with Crippen LogP contribution in [-0.4, -0.2) is 48.8 Å². The summed E-state index contributed by atoms with van der Waals surface area (Å²) in [6, 6.07) is 5.17. The number of aryl methyl sites for hydroxylation is 1. The van der Waals surface area contributed by atoms with Crippen LogP contribution in [0.5, 0.6) is 0 Å². The fourth-order valence-electron chi connectivity index (χ4n) is 2.71. The molecular formula is C17H21N5O4. The quantitative estimate of drug-likeness (QED) is 0.764. The molecule has 1 fully saturated rings. The third-order valence-electron chi connectivity index (χ3n) is 4.03. The number of carbonyl (C=O) groups excluding carboxylic acids is 2. The molecule has 0 radical (unpaired) electrons. The van der Waals surface area contributed by atoms with Crippen molar-refractivity contribution in [1.82, 2.24) is 20.8 Å². The highest BCUT2D eigenvalue weighted by Gasteiger charge is 2.23. The average Bonchev–Trinajstić information content (AvgIpc) is 3.25. The van der Waals surface area contributed by atoms with Gasteiger partial charge in [-0.1, -0.05) is 11.2 Å². The van der Waals surface area contributed by atoms with E-state index in [1.54, 1.807) is 24.1 Å². The number of carbonyl (C=O) groups is 2. The van der Waals surface area contributed by atoms with E-state index in [2.05, 4.69) is 20.8 Å². The molecule has 2 heterocycles. The number of benzene rings is 1. The van der Waals surface area contributed by atoms with Crippen LogP contribution in [0.2, 0.25) is 0 Å². The maximum Gasteiger partial charge on any atom is 0.322 e. The molecule has 1 aliphatic heterocycles. The standard InChI is InChI=1S/C17H21N5O4/c1-11-3-4-12(9-13(11)22-8-7-19-17(22)24)16(23)18-6-5-15-20-14(10-25-2)21-26-15/h3-4,9H,5-8,10H2,1-2H3,(H,18,23)(H,19,24). The minimum absolute atomic E-state index is 0.145. The third kappa shape index (κ3) is 3.99. The van der Waals surface area contributed by atoms with E-state index in [0.29, 0.717) is 43.3 Å². The van der Waals surface area contributed by atoms with E-state index in [1.165, 1.54) is 0 Å². The van der Waals surface area contributed by atoms with Crippen molar-refractivity contribution in [1.29, 1.82) is 0 Å². The number of amides is 3. The summed E-state index contributed by atoms with van der Waals surface area (Å²) in [4.78, 5) is 30.0. The molecule has 1 aromatic heterocycles. The average molecular weight is 359 g/mol. The van der Waals surface area contributed by atoms with E-state index in [9.17, 15) is 9.59 Å². The van der Waals surface area contributed by atoms with Gasteiger partial charge in [0.1, 0.15) is 6.61 Å². The van der Waals surface area contributed by atoms with Crippen molar-refractivity contribution >= 4 is 17.6 Å². The van der Waals surface area contributed by atoms with E-state index in [0.717, 1.165) is 11.3 Å². The maximum atomic E-state index is 12.4. The van der Waals surface area contributed by atoms with Crippen LogP contribution < -0.4 is 15.5 Å². The summed E-state index contributed by atoms with van der Waals surface area (Å²) in [6.07, 6.45) is 0.426. The van der Waals surface area contributed by atoms with Gasteiger partial charge in [-0.25, -0.2) is 4.79 Å². The minimum Gasteiger partial charge on any atom is -0.377 e. The third-order valence-corrected chi connectivity index (χ3v) is 4.03. The van der Waals surface area contributed by atoms with Gasteiger partial charge in [0.15, 0.2) is 5.82 Å². The molecule has 1 aliphatic rings. The highest BCUT2D eigenvalue weighted by molar-refractivity contribution is 5.99. The van der Waals surface area contributed by atoms with Gasteiger partial charge in [-0.3, -0.25) is 9.69 Å². The summed E-state index contributed by atoms with van der Waals surface area (Å²) in [5, 5.41) is 9.35. The topological polar surface area (TPSA) is 110 Å². The molecule has 0 atom stereocenters. The van der Waals surface area contributed by atoms with E-state index in [1.807, 2.05) is 13.0 Å². The highest BCUT2D eigenvalue weighted by Crippen LogP contribution is 2.23. The lowest BCUT2D eigenvalue weighted by Gasteiger charge is -2.18. The van der Waals surface area contributed by atoms with E-state index >= 15 is 0 Å². The summed E-state index contributed by atoms with van der Waals surface area (Å²) in [5.41, 5.74) is 2.18. The molecule has 1 aromatic carbocycles. The van der Waals surface area contributed by atoms with Gasteiger partial charge in [0.2, 0.25) is 5.89 Å². The Labute approximate surface area is 150 Å². The fourth-order valence-corrected chi connectivity index (χ4v) is 2.71. The van der Waals surface area contributed by atoms with Crippen LogP contribution >= 0.6 is 0 Å². The summed E-state index contributed by atoms with van der Waals surface area (Å²) in [7, 11) is 1.55. The lowest BCUT2D eigenvalue weighted by Crippen LogP contribution is -2.29. The van der Waals surface area contributed by atoms with Crippen LogP contribution in [0, 0.1) is 6.92 Å². The Balaban J connectivity index is 1.59. The normalized spacial score (nSPS) is 13.8. The van der Waals surface area contributed by atoms with Crippen molar-refractivity contribution in [2.24, 2.45) is 0 Å². The molecule has 0 spiro atoms. The number of methoxy groups -OCH3 is 1. The van der Waals surface area contributed by atoms with Crippen molar-refractivity contribution in [2.75, 3.05) is 31.6 Å². The Morgan fingerprint density at radius 1 is 1.46 bits per heavy atom. The van der Waals surface area contributed by atoms with Gasteiger partial charge < -0.3 is 19.9 Å². The second-order valence-corrected chi connectivity index (χ2v) is 5.93. The summed E-state index contributed by atoms with van der Waals surface area (Å²) in [5.74, 6) is 0.694. The lowest BCUT2D eigenvalue weighted by atomic mass is 10.1. The van der Waals surface area contributed by atoms with E-state index in [4.69, 9.17) is 9.26 Å². The molecule has 9 heteroatoms. The van der Waals surface area contributed by atoms with Gasteiger partial charge in [-0.15, -0.1) is 0 Å². The first-order chi connectivity index (χ1) is 12.6. The van der Waals surface area contributed by atoms with E-state index in [-0.39, 0.29) is 18.5 Å². The molecule has 138 valence electrons. The molecule has 0 saturated carbocycles. The number of hydrogen-bond acceptors (Lipinski definition) is 6. The van der Waals surface area contributed by atoms with Gasteiger partial charge in [-0.2, -0.15) is 4.98 Å². The number of hydrogen-bond donors (Lipinski definition) is 2. The van der Waals surface area contributed by atoms with Gasteiger partial charge in [0, 0.05) is 44.4 Å². The molecule has 1 saturated heterocycles. The SMILES string of the molecule is COCc1noc(CCNC(=O)c2ccc(C)c(N3CCNC3=O)c2)n1. The number of aromatic nitrogens is 2. The lowest BCUT2D eigenvalue weighted by molar-refractivity contribution is 0.0953. The van der Waals surface area contributed by atoms with Crippen LogP contribution in [0.4, 0.5) is 10.5 Å². The van der Waals surface area contributed by atoms with Gasteiger partial charge >= 0.3 is 6.03 Å². The van der Waals surface area contributed by atoms with Crippen molar-refractivity contribution in [2.45, 2.75) is 20.0 Å². The van der Waals surface area contributed by atoms with Crippen molar-refractivity contribution in [3.8, 4) is 0 Å². The first kappa shape index (κ1) is 17.9. The molecule has 0 unspecified atom stereocenters. The predicted octanol–water partition coefficient (Wildman–Crippen LogP) is 1.03. The largest absolute Gasteiger partial charge is 0.377 e. The van der Waals surface area contributed by atoms with Crippen molar-refractivity contribution in [3.05, 3.63) is 41.0 Å². The molecule has 26 heavy (non-hydrogen) atoms. The number of urea groups is 1. The summed E-state index contributed by atoms with van der Waals surface area (Å²) in [6.45, 7) is 3.75. The number of nitrogens with one attached hydrogen (secondary N) is 2. The zero-order valence-corrected chi connectivity index (χ0v) is 14.7. The molecule has 3 amide bonds. The van der Waals surface area contributed by atoms with Gasteiger partial charge in [0.05, 0.1) is 0 Å². The second kappa shape index (κ2) is 7.96. The Kier molecular flexibility index (Phi) is 5.47. The number of rotatable bonds is 7. The van der Waals surface area contributed by atoms with E-state index < -0.39 is 0 Å². The molecule has 2 N–H and O–H groups in total.